The minimum Gasteiger partial charge on any atom is -0.406 e. The number of amides is 1. The summed E-state index contributed by atoms with van der Waals surface area (Å²) in [4.78, 5) is 11.7. The monoisotopic (exact) mass is 406 g/mol. The molecule has 1 atom stereocenters. The Morgan fingerprint density at radius 2 is 2.00 bits per heavy atom. The molecule has 1 aromatic carbocycles. The molecule has 26 heavy (non-hydrogen) atoms. The standard InChI is InChI=1S/C15H17F3N4O2S2/c1-3-9(2)19-12(23)8-25-14-22-21-13(26-14)20-10-4-6-11(7-5-10)24-15(16,17)18/h4-7,9H,3,8H2,1-2H3,(H,19,23)(H,20,21)/t9-/m0/s1. The second kappa shape index (κ2) is 9.08. The summed E-state index contributed by atoms with van der Waals surface area (Å²) in [5.74, 6) is -0.138. The SMILES string of the molecule is CC[C@H](C)NC(=O)CSc1nnc(Nc2ccc(OC(F)(F)F)cc2)s1. The van der Waals surface area contributed by atoms with Gasteiger partial charge in [0.2, 0.25) is 11.0 Å². The molecule has 2 N–H and O–H groups in total. The number of hydrogen-bond acceptors (Lipinski definition) is 7. The molecule has 0 spiro atoms. The van der Waals surface area contributed by atoms with E-state index in [0.29, 0.717) is 15.2 Å². The van der Waals surface area contributed by atoms with Crippen molar-refractivity contribution >= 4 is 39.8 Å². The molecule has 1 amide bonds. The van der Waals surface area contributed by atoms with E-state index >= 15 is 0 Å². The zero-order valence-corrected chi connectivity index (χ0v) is 15.6. The molecule has 0 aliphatic carbocycles. The molecule has 1 aromatic heterocycles. The molecule has 0 unspecified atom stereocenters. The van der Waals surface area contributed by atoms with Crippen LogP contribution in [-0.2, 0) is 4.79 Å². The van der Waals surface area contributed by atoms with E-state index < -0.39 is 6.36 Å². The maximum Gasteiger partial charge on any atom is 0.573 e. The molecular formula is C15H17F3N4O2S2. The number of rotatable bonds is 8. The largest absolute Gasteiger partial charge is 0.573 e. The van der Waals surface area contributed by atoms with Crippen LogP contribution in [0.5, 0.6) is 5.75 Å². The Hall–Kier alpha value is -2.01. The first-order valence-corrected chi connectivity index (χ1v) is 9.44. The van der Waals surface area contributed by atoms with E-state index in [9.17, 15) is 18.0 Å². The van der Waals surface area contributed by atoms with E-state index in [-0.39, 0.29) is 23.5 Å². The highest BCUT2D eigenvalue weighted by atomic mass is 32.2. The van der Waals surface area contributed by atoms with Gasteiger partial charge in [-0.2, -0.15) is 0 Å². The molecule has 0 saturated heterocycles. The third-order valence-electron chi connectivity index (χ3n) is 3.09. The summed E-state index contributed by atoms with van der Waals surface area (Å²) < 4.78 is 40.8. The molecule has 6 nitrogen and oxygen atoms in total. The summed E-state index contributed by atoms with van der Waals surface area (Å²) in [7, 11) is 0. The van der Waals surface area contributed by atoms with Crippen molar-refractivity contribution in [1.29, 1.82) is 0 Å². The number of carbonyl (C=O) groups is 1. The van der Waals surface area contributed by atoms with Crippen molar-refractivity contribution in [3.63, 3.8) is 0 Å². The summed E-state index contributed by atoms with van der Waals surface area (Å²) in [5.41, 5.74) is 0.543. The lowest BCUT2D eigenvalue weighted by Crippen LogP contribution is -2.33. The Bertz CT molecular complexity index is 722. The van der Waals surface area contributed by atoms with Crippen molar-refractivity contribution < 1.29 is 22.7 Å². The minimum absolute atomic E-state index is 0.0747. The van der Waals surface area contributed by atoms with E-state index in [2.05, 4.69) is 25.6 Å². The molecule has 0 saturated carbocycles. The number of carbonyl (C=O) groups excluding carboxylic acids is 1. The van der Waals surface area contributed by atoms with Crippen molar-refractivity contribution in [3.8, 4) is 5.75 Å². The average molecular weight is 406 g/mol. The maximum absolute atomic E-state index is 12.1. The Labute approximate surface area is 156 Å². The topological polar surface area (TPSA) is 76.1 Å². The number of ether oxygens (including phenoxy) is 1. The van der Waals surface area contributed by atoms with Gasteiger partial charge in [-0.3, -0.25) is 4.79 Å². The smallest absolute Gasteiger partial charge is 0.406 e. The summed E-state index contributed by atoms with van der Waals surface area (Å²) in [5, 5.41) is 14.2. The molecule has 0 aliphatic heterocycles. The lowest BCUT2D eigenvalue weighted by molar-refractivity contribution is -0.274. The molecule has 1 heterocycles. The van der Waals surface area contributed by atoms with Crippen molar-refractivity contribution in [2.75, 3.05) is 11.1 Å². The van der Waals surface area contributed by atoms with Gasteiger partial charge in [0, 0.05) is 11.7 Å². The number of alkyl halides is 3. The third-order valence-corrected chi connectivity index (χ3v) is 5.06. The fourth-order valence-corrected chi connectivity index (χ4v) is 3.31. The lowest BCUT2D eigenvalue weighted by atomic mass is 10.3. The fraction of sp³-hybridized carbons (Fsp3) is 0.400. The molecule has 142 valence electrons. The van der Waals surface area contributed by atoms with Gasteiger partial charge in [-0.05, 0) is 37.6 Å². The van der Waals surface area contributed by atoms with Crippen LogP contribution in [0.1, 0.15) is 20.3 Å². The number of benzene rings is 1. The summed E-state index contributed by atoms with van der Waals surface area (Å²) in [6.07, 6.45) is -3.86. The van der Waals surface area contributed by atoms with Gasteiger partial charge in [0.05, 0.1) is 5.75 Å². The van der Waals surface area contributed by atoms with Crippen LogP contribution in [0.4, 0.5) is 24.0 Å². The number of anilines is 2. The van der Waals surface area contributed by atoms with Crippen LogP contribution >= 0.6 is 23.1 Å². The molecule has 0 aliphatic rings. The second-order valence-electron chi connectivity index (χ2n) is 5.24. The van der Waals surface area contributed by atoms with Crippen molar-refractivity contribution in [3.05, 3.63) is 24.3 Å². The summed E-state index contributed by atoms with van der Waals surface area (Å²) in [6, 6.07) is 5.40. The molecule has 0 radical (unpaired) electrons. The average Bonchev–Trinajstić information content (AvgIpc) is 3.01. The highest BCUT2D eigenvalue weighted by Gasteiger charge is 2.30. The molecule has 0 fully saturated rings. The molecule has 0 bridgehead atoms. The fourth-order valence-electron chi connectivity index (χ4n) is 1.73. The highest BCUT2D eigenvalue weighted by molar-refractivity contribution is 8.01. The minimum atomic E-state index is -4.72. The van der Waals surface area contributed by atoms with Crippen LogP contribution in [-0.4, -0.2) is 34.3 Å². The molecule has 2 rings (SSSR count). The quantitative estimate of drug-likeness (QED) is 0.641. The first kappa shape index (κ1) is 20.3. The van der Waals surface area contributed by atoms with Gasteiger partial charge in [-0.15, -0.1) is 23.4 Å². The Balaban J connectivity index is 1.85. The van der Waals surface area contributed by atoms with Gasteiger partial charge >= 0.3 is 6.36 Å². The van der Waals surface area contributed by atoms with Gasteiger partial charge in [-0.25, -0.2) is 0 Å². The number of nitrogens with zero attached hydrogens (tertiary/aromatic N) is 2. The van der Waals surface area contributed by atoms with E-state index in [1.165, 1.54) is 47.4 Å². The number of hydrogen-bond donors (Lipinski definition) is 2. The zero-order valence-electron chi connectivity index (χ0n) is 14.0. The van der Waals surface area contributed by atoms with Gasteiger partial charge in [0.15, 0.2) is 4.34 Å². The van der Waals surface area contributed by atoms with E-state index in [0.717, 1.165) is 6.42 Å². The molecule has 2 aromatic rings. The highest BCUT2D eigenvalue weighted by Crippen LogP contribution is 2.29. The summed E-state index contributed by atoms with van der Waals surface area (Å²) >= 11 is 2.52. The van der Waals surface area contributed by atoms with Crippen LogP contribution in [0.2, 0.25) is 0 Å². The number of halogens is 3. The third kappa shape index (κ3) is 7.08. The Morgan fingerprint density at radius 3 is 2.62 bits per heavy atom. The van der Waals surface area contributed by atoms with Crippen molar-refractivity contribution in [2.45, 2.75) is 37.0 Å². The van der Waals surface area contributed by atoms with Gasteiger partial charge in [0.25, 0.3) is 0 Å². The normalized spacial score (nSPS) is 12.5. The van der Waals surface area contributed by atoms with Gasteiger partial charge < -0.3 is 15.4 Å². The van der Waals surface area contributed by atoms with Crippen LogP contribution < -0.4 is 15.4 Å². The van der Waals surface area contributed by atoms with Crippen LogP contribution in [0, 0.1) is 0 Å². The van der Waals surface area contributed by atoms with E-state index in [1.807, 2.05) is 13.8 Å². The number of aromatic nitrogens is 2. The van der Waals surface area contributed by atoms with Gasteiger partial charge in [-0.1, -0.05) is 30.0 Å². The summed E-state index contributed by atoms with van der Waals surface area (Å²) in [6.45, 7) is 3.92. The Morgan fingerprint density at radius 1 is 1.31 bits per heavy atom. The molecular weight excluding hydrogens is 389 g/mol. The number of thioether (sulfide) groups is 1. The molecule has 11 heteroatoms. The first-order chi connectivity index (χ1) is 12.2. The lowest BCUT2D eigenvalue weighted by Gasteiger charge is -2.10. The maximum atomic E-state index is 12.1. The van der Waals surface area contributed by atoms with Crippen molar-refractivity contribution in [1.82, 2.24) is 15.5 Å². The Kier molecular flexibility index (Phi) is 7.09. The van der Waals surface area contributed by atoms with E-state index in [4.69, 9.17) is 0 Å². The predicted molar refractivity (Wildman–Crippen MR) is 94.9 cm³/mol. The first-order valence-electron chi connectivity index (χ1n) is 7.63. The second-order valence-corrected chi connectivity index (χ2v) is 7.44. The predicted octanol–water partition coefficient (Wildman–Crippen LogP) is 4.19. The number of nitrogens with one attached hydrogen (secondary N) is 2. The van der Waals surface area contributed by atoms with Crippen LogP contribution in [0.3, 0.4) is 0 Å². The van der Waals surface area contributed by atoms with Crippen LogP contribution in [0.15, 0.2) is 28.6 Å². The van der Waals surface area contributed by atoms with Crippen LogP contribution in [0.25, 0.3) is 0 Å². The van der Waals surface area contributed by atoms with Crippen molar-refractivity contribution in [2.24, 2.45) is 0 Å². The van der Waals surface area contributed by atoms with E-state index in [1.54, 1.807) is 0 Å². The van der Waals surface area contributed by atoms with Gasteiger partial charge in [0.1, 0.15) is 5.75 Å². The zero-order chi connectivity index (χ0) is 19.2.